The van der Waals surface area contributed by atoms with Gasteiger partial charge in [-0.05, 0) is 6.92 Å². The monoisotopic (exact) mass is 250 g/mol. The van der Waals surface area contributed by atoms with Gasteiger partial charge in [0.25, 0.3) is 0 Å². The first-order chi connectivity index (χ1) is 8.29. The molecule has 0 saturated heterocycles. The summed E-state index contributed by atoms with van der Waals surface area (Å²) in [6, 6.07) is 0.413. The van der Waals surface area contributed by atoms with Crippen LogP contribution in [0.5, 0.6) is 0 Å². The van der Waals surface area contributed by atoms with Gasteiger partial charge in [-0.3, -0.25) is 0 Å². The Bertz CT molecular complexity index is 435. The first-order valence-electron chi connectivity index (χ1n) is 5.90. The van der Waals surface area contributed by atoms with Gasteiger partial charge in [-0.25, -0.2) is 9.97 Å². The largest absolute Gasteiger partial charge is 0.333 e. The summed E-state index contributed by atoms with van der Waals surface area (Å²) in [7, 11) is 0. The molecule has 17 heavy (non-hydrogen) atoms. The van der Waals surface area contributed by atoms with Crippen molar-refractivity contribution < 1.29 is 0 Å². The summed E-state index contributed by atoms with van der Waals surface area (Å²) in [6.45, 7) is 6.10. The van der Waals surface area contributed by atoms with Gasteiger partial charge in [0.15, 0.2) is 0 Å². The molecule has 92 valence electrons. The fraction of sp³-hybridized carbons (Fsp3) is 0.500. The zero-order valence-electron chi connectivity index (χ0n) is 10.3. The summed E-state index contributed by atoms with van der Waals surface area (Å²) < 4.78 is 2.21. The number of thiazole rings is 1. The lowest BCUT2D eigenvalue weighted by atomic mass is 10.3. The van der Waals surface area contributed by atoms with E-state index >= 15 is 0 Å². The van der Waals surface area contributed by atoms with Crippen molar-refractivity contribution >= 4 is 11.3 Å². The normalized spacial score (nSPS) is 12.8. The van der Waals surface area contributed by atoms with Gasteiger partial charge >= 0.3 is 0 Å². The Balaban J connectivity index is 1.83. The highest BCUT2D eigenvalue weighted by atomic mass is 32.1. The lowest BCUT2D eigenvalue weighted by Gasteiger charge is -2.15. The summed E-state index contributed by atoms with van der Waals surface area (Å²) >= 11 is 1.64. The summed E-state index contributed by atoms with van der Waals surface area (Å²) in [5, 5.41) is 5.55. The average Bonchev–Trinajstić information content (AvgIpc) is 2.97. The molecular formula is C12H18N4S. The van der Waals surface area contributed by atoms with Crippen molar-refractivity contribution in [1.82, 2.24) is 19.9 Å². The van der Waals surface area contributed by atoms with Crippen molar-refractivity contribution in [3.8, 4) is 0 Å². The Hall–Kier alpha value is -1.20. The molecule has 0 radical (unpaired) electrons. The number of nitrogens with one attached hydrogen (secondary N) is 1. The standard InChI is InChI=1S/C12H18N4S/c1-3-12-13-4-5-16(12)7-10(2)14-6-11-8-17-9-15-11/h4-5,8-10,14H,3,6-7H2,1-2H3/t10-/m0/s1. The summed E-state index contributed by atoms with van der Waals surface area (Å²) in [5.41, 5.74) is 2.98. The SMILES string of the molecule is CCc1nccn1C[C@H](C)NCc1cscn1. The molecular weight excluding hydrogens is 232 g/mol. The summed E-state index contributed by atoms with van der Waals surface area (Å²) in [6.07, 6.45) is 4.89. The second-order valence-electron chi connectivity index (χ2n) is 4.11. The van der Waals surface area contributed by atoms with E-state index in [4.69, 9.17) is 0 Å². The Morgan fingerprint density at radius 1 is 1.47 bits per heavy atom. The van der Waals surface area contributed by atoms with Crippen molar-refractivity contribution in [2.75, 3.05) is 0 Å². The second-order valence-corrected chi connectivity index (χ2v) is 4.83. The molecule has 0 saturated carbocycles. The van der Waals surface area contributed by atoms with Crippen LogP contribution in [0.4, 0.5) is 0 Å². The fourth-order valence-electron chi connectivity index (χ4n) is 1.78. The molecule has 2 aromatic rings. The molecule has 2 aromatic heterocycles. The van der Waals surface area contributed by atoms with Crippen LogP contribution in [0.2, 0.25) is 0 Å². The number of aromatic nitrogens is 3. The molecule has 0 unspecified atom stereocenters. The van der Waals surface area contributed by atoms with Crippen LogP contribution in [-0.2, 0) is 19.5 Å². The first-order valence-corrected chi connectivity index (χ1v) is 6.84. The predicted octanol–water partition coefficient (Wildman–Crippen LogP) is 2.08. The molecule has 1 atom stereocenters. The Morgan fingerprint density at radius 3 is 3.06 bits per heavy atom. The molecule has 0 fully saturated rings. The second kappa shape index (κ2) is 5.93. The van der Waals surface area contributed by atoms with E-state index in [0.29, 0.717) is 6.04 Å². The van der Waals surface area contributed by atoms with E-state index in [1.807, 2.05) is 17.9 Å². The number of rotatable bonds is 6. The third-order valence-corrected chi connectivity index (χ3v) is 3.34. The van der Waals surface area contributed by atoms with Crippen LogP contribution < -0.4 is 5.32 Å². The van der Waals surface area contributed by atoms with Gasteiger partial charge in [-0.15, -0.1) is 11.3 Å². The van der Waals surface area contributed by atoms with E-state index in [1.165, 1.54) is 0 Å². The van der Waals surface area contributed by atoms with Gasteiger partial charge in [0.1, 0.15) is 5.82 Å². The Morgan fingerprint density at radius 2 is 2.35 bits per heavy atom. The minimum absolute atomic E-state index is 0.413. The van der Waals surface area contributed by atoms with E-state index in [1.54, 1.807) is 11.3 Å². The van der Waals surface area contributed by atoms with Crippen molar-refractivity contribution in [3.05, 3.63) is 34.8 Å². The molecule has 2 heterocycles. The highest BCUT2D eigenvalue weighted by Crippen LogP contribution is 2.03. The smallest absolute Gasteiger partial charge is 0.108 e. The van der Waals surface area contributed by atoms with Crippen molar-refractivity contribution in [3.63, 3.8) is 0 Å². The van der Waals surface area contributed by atoms with Gasteiger partial charge in [0, 0.05) is 43.3 Å². The maximum absolute atomic E-state index is 4.32. The van der Waals surface area contributed by atoms with E-state index < -0.39 is 0 Å². The van der Waals surface area contributed by atoms with Crippen LogP contribution in [0, 0.1) is 0 Å². The van der Waals surface area contributed by atoms with Gasteiger partial charge in [0.2, 0.25) is 0 Å². The fourth-order valence-corrected chi connectivity index (χ4v) is 2.34. The maximum atomic E-state index is 4.32. The number of aryl methyl sites for hydroxylation is 1. The van der Waals surface area contributed by atoms with Crippen LogP contribution in [0.1, 0.15) is 25.4 Å². The van der Waals surface area contributed by atoms with Crippen LogP contribution >= 0.6 is 11.3 Å². The quantitative estimate of drug-likeness (QED) is 0.853. The highest BCUT2D eigenvalue weighted by Gasteiger charge is 2.06. The molecule has 0 bridgehead atoms. The van der Waals surface area contributed by atoms with E-state index in [0.717, 1.165) is 31.0 Å². The van der Waals surface area contributed by atoms with E-state index in [2.05, 4.69) is 39.1 Å². The zero-order valence-corrected chi connectivity index (χ0v) is 11.1. The van der Waals surface area contributed by atoms with Gasteiger partial charge in [0.05, 0.1) is 11.2 Å². The summed E-state index contributed by atoms with van der Waals surface area (Å²) in [4.78, 5) is 8.58. The minimum Gasteiger partial charge on any atom is -0.333 e. The number of imidazole rings is 1. The molecule has 4 nitrogen and oxygen atoms in total. The minimum atomic E-state index is 0.413. The molecule has 0 aliphatic rings. The van der Waals surface area contributed by atoms with E-state index in [-0.39, 0.29) is 0 Å². The Kier molecular flexibility index (Phi) is 4.28. The zero-order chi connectivity index (χ0) is 12.1. The number of hydrogen-bond donors (Lipinski definition) is 1. The maximum Gasteiger partial charge on any atom is 0.108 e. The first kappa shape index (κ1) is 12.3. The third-order valence-electron chi connectivity index (χ3n) is 2.70. The van der Waals surface area contributed by atoms with Crippen molar-refractivity contribution in [2.24, 2.45) is 0 Å². The van der Waals surface area contributed by atoms with Crippen LogP contribution in [0.25, 0.3) is 0 Å². The lowest BCUT2D eigenvalue weighted by molar-refractivity contribution is 0.465. The predicted molar refractivity (Wildman–Crippen MR) is 70.0 cm³/mol. The lowest BCUT2D eigenvalue weighted by Crippen LogP contribution is -2.30. The van der Waals surface area contributed by atoms with Crippen molar-refractivity contribution in [1.29, 1.82) is 0 Å². The number of nitrogens with zero attached hydrogens (tertiary/aromatic N) is 3. The molecule has 0 amide bonds. The Labute approximate surface area is 106 Å². The van der Waals surface area contributed by atoms with Crippen LogP contribution in [0.15, 0.2) is 23.3 Å². The third kappa shape index (κ3) is 3.38. The molecule has 2 rings (SSSR count). The van der Waals surface area contributed by atoms with Gasteiger partial charge in [-0.1, -0.05) is 6.92 Å². The van der Waals surface area contributed by atoms with E-state index in [9.17, 15) is 0 Å². The molecule has 0 spiro atoms. The average molecular weight is 250 g/mol. The number of hydrogen-bond acceptors (Lipinski definition) is 4. The van der Waals surface area contributed by atoms with Crippen LogP contribution in [-0.4, -0.2) is 20.6 Å². The van der Waals surface area contributed by atoms with Gasteiger partial charge < -0.3 is 9.88 Å². The molecule has 0 aromatic carbocycles. The highest BCUT2D eigenvalue weighted by molar-refractivity contribution is 7.07. The summed E-state index contributed by atoms with van der Waals surface area (Å²) in [5.74, 6) is 1.15. The van der Waals surface area contributed by atoms with Crippen molar-refractivity contribution in [2.45, 2.75) is 39.4 Å². The molecule has 1 N–H and O–H groups in total. The molecule has 5 heteroatoms. The molecule has 0 aliphatic carbocycles. The van der Waals surface area contributed by atoms with Crippen LogP contribution in [0.3, 0.4) is 0 Å². The van der Waals surface area contributed by atoms with Gasteiger partial charge in [-0.2, -0.15) is 0 Å². The molecule has 0 aliphatic heterocycles. The topological polar surface area (TPSA) is 42.7 Å².